The molecule has 0 aliphatic heterocycles. The van der Waals surface area contributed by atoms with Gasteiger partial charge in [0.2, 0.25) is 0 Å². The molecule has 5 heteroatoms. The van der Waals surface area contributed by atoms with E-state index in [2.05, 4.69) is 203 Å². The van der Waals surface area contributed by atoms with Crippen molar-refractivity contribution in [3.8, 4) is 0 Å². The zero-order valence-electron chi connectivity index (χ0n) is 44.4. The van der Waals surface area contributed by atoms with Crippen LogP contribution in [0.2, 0.25) is 0 Å². The molecule has 1 atom stereocenters. The molecular weight excluding hydrogens is 861 g/mol. The topological polar surface area (TPSA) is 61.8 Å². The number of carbonyl (C=O) groups excluding carboxylic acids is 2. The highest BCUT2D eigenvalue weighted by atomic mass is 16.6. The number of rotatable bonds is 47. The standard InChI is InChI=1S/C65H98O5/c1-4-7-10-13-16-19-22-25-28-31-33-35-37-40-43-46-49-52-55-58-64(66)69-62-63(61-68-60-57-54-51-48-45-42-39-36-32-29-26-23-20-17-14-11-8-5-2)70-65(67)59-56-53-50-47-44-41-38-34-30-27-24-21-18-15-12-9-6-3/h7-12,16-21,25-30,33,35-36,38-41,43,45,47-48,50,63H,4-6,13-15,22-24,31-32,34,37,42,44,46,49,51-62H2,1-3H3/b10-7-,11-8-,12-9-,19-16-,20-17-,21-18-,28-25-,29-26-,30-27-,35-33-,39-36-,41-38-,43-40-,48-45-,50-47-. The van der Waals surface area contributed by atoms with E-state index in [1.807, 2.05) is 0 Å². The van der Waals surface area contributed by atoms with Gasteiger partial charge in [0.05, 0.1) is 6.61 Å². The van der Waals surface area contributed by atoms with E-state index in [-0.39, 0.29) is 25.2 Å². The molecule has 0 N–H and O–H groups in total. The summed E-state index contributed by atoms with van der Waals surface area (Å²) in [6, 6.07) is 0. The zero-order valence-corrected chi connectivity index (χ0v) is 44.4. The van der Waals surface area contributed by atoms with E-state index < -0.39 is 6.10 Å². The van der Waals surface area contributed by atoms with Gasteiger partial charge in [0.15, 0.2) is 6.10 Å². The average molecular weight is 959 g/mol. The third-order valence-electron chi connectivity index (χ3n) is 10.4. The predicted octanol–water partition coefficient (Wildman–Crippen LogP) is 19.0. The lowest BCUT2D eigenvalue weighted by Gasteiger charge is -2.18. The normalized spacial score (nSPS) is 13.7. The Morgan fingerprint density at radius 2 is 0.614 bits per heavy atom. The van der Waals surface area contributed by atoms with Gasteiger partial charge in [0, 0.05) is 19.4 Å². The lowest BCUT2D eigenvalue weighted by molar-refractivity contribution is -0.162. The van der Waals surface area contributed by atoms with Gasteiger partial charge in [-0.25, -0.2) is 0 Å². The first-order valence-corrected chi connectivity index (χ1v) is 27.3. The summed E-state index contributed by atoms with van der Waals surface area (Å²) < 4.78 is 17.3. The average Bonchev–Trinajstić information content (AvgIpc) is 3.36. The van der Waals surface area contributed by atoms with Crippen molar-refractivity contribution in [2.24, 2.45) is 0 Å². The van der Waals surface area contributed by atoms with Crippen molar-refractivity contribution in [2.75, 3.05) is 19.8 Å². The van der Waals surface area contributed by atoms with Gasteiger partial charge in [0.25, 0.3) is 0 Å². The highest BCUT2D eigenvalue weighted by Gasteiger charge is 2.17. The Morgan fingerprint density at radius 3 is 0.971 bits per heavy atom. The van der Waals surface area contributed by atoms with Gasteiger partial charge in [-0.3, -0.25) is 9.59 Å². The fourth-order valence-corrected chi connectivity index (χ4v) is 6.48. The third kappa shape index (κ3) is 55.6. The molecule has 0 rings (SSSR count). The number of hydrogen-bond donors (Lipinski definition) is 0. The number of allylic oxidation sites excluding steroid dienone is 30. The molecule has 0 bridgehead atoms. The quantitative estimate of drug-likeness (QED) is 0.0345. The maximum atomic E-state index is 12.8. The van der Waals surface area contributed by atoms with Crippen molar-refractivity contribution in [1.82, 2.24) is 0 Å². The smallest absolute Gasteiger partial charge is 0.306 e. The number of unbranched alkanes of at least 4 members (excludes halogenated alkanes) is 6. The number of carbonyl (C=O) groups is 2. The molecule has 0 aromatic rings. The summed E-state index contributed by atoms with van der Waals surface area (Å²) in [5.74, 6) is -0.545. The Labute approximate surface area is 429 Å². The third-order valence-corrected chi connectivity index (χ3v) is 10.4. The van der Waals surface area contributed by atoms with Crippen molar-refractivity contribution in [1.29, 1.82) is 0 Å². The van der Waals surface area contributed by atoms with Crippen LogP contribution < -0.4 is 0 Å². The molecule has 5 nitrogen and oxygen atoms in total. The van der Waals surface area contributed by atoms with E-state index in [9.17, 15) is 9.59 Å². The molecule has 0 saturated heterocycles. The summed E-state index contributed by atoms with van der Waals surface area (Å²) in [4.78, 5) is 25.5. The minimum Gasteiger partial charge on any atom is -0.462 e. The molecule has 1 unspecified atom stereocenters. The Balaban J connectivity index is 4.57. The molecule has 0 fully saturated rings. The van der Waals surface area contributed by atoms with Gasteiger partial charge in [0.1, 0.15) is 6.61 Å². The van der Waals surface area contributed by atoms with E-state index in [4.69, 9.17) is 14.2 Å². The van der Waals surface area contributed by atoms with Crippen molar-refractivity contribution in [3.05, 3.63) is 182 Å². The van der Waals surface area contributed by atoms with E-state index in [1.165, 1.54) is 0 Å². The fraction of sp³-hybridized carbons (Fsp3) is 0.508. The van der Waals surface area contributed by atoms with Gasteiger partial charge in [-0.2, -0.15) is 0 Å². The summed E-state index contributed by atoms with van der Waals surface area (Å²) in [5.41, 5.74) is 0. The maximum absolute atomic E-state index is 12.8. The maximum Gasteiger partial charge on any atom is 0.306 e. The monoisotopic (exact) mass is 959 g/mol. The fourth-order valence-electron chi connectivity index (χ4n) is 6.48. The van der Waals surface area contributed by atoms with Crippen LogP contribution in [0, 0.1) is 0 Å². The van der Waals surface area contributed by atoms with Crippen molar-refractivity contribution in [3.63, 3.8) is 0 Å². The molecule has 70 heavy (non-hydrogen) atoms. The minimum atomic E-state index is -0.619. The van der Waals surface area contributed by atoms with Gasteiger partial charge in [-0.1, -0.05) is 209 Å². The second kappa shape index (κ2) is 58.3. The van der Waals surface area contributed by atoms with Gasteiger partial charge >= 0.3 is 11.9 Å². The largest absolute Gasteiger partial charge is 0.462 e. The summed E-state index contributed by atoms with van der Waals surface area (Å²) in [6.45, 7) is 7.25. The van der Waals surface area contributed by atoms with E-state index in [0.717, 1.165) is 148 Å². The van der Waals surface area contributed by atoms with Crippen LogP contribution in [0.25, 0.3) is 0 Å². The number of ether oxygens (including phenoxy) is 3. The molecule has 0 saturated carbocycles. The van der Waals surface area contributed by atoms with E-state index in [0.29, 0.717) is 25.9 Å². The van der Waals surface area contributed by atoms with Crippen LogP contribution >= 0.6 is 0 Å². The van der Waals surface area contributed by atoms with Crippen molar-refractivity contribution >= 4 is 11.9 Å². The van der Waals surface area contributed by atoms with Gasteiger partial charge in [-0.05, 0) is 148 Å². The van der Waals surface area contributed by atoms with Crippen LogP contribution in [0.4, 0.5) is 0 Å². The zero-order chi connectivity index (χ0) is 50.6. The van der Waals surface area contributed by atoms with Crippen molar-refractivity contribution < 1.29 is 23.8 Å². The highest BCUT2D eigenvalue weighted by molar-refractivity contribution is 5.70. The van der Waals surface area contributed by atoms with Crippen LogP contribution in [0.1, 0.15) is 188 Å². The van der Waals surface area contributed by atoms with Gasteiger partial charge in [-0.15, -0.1) is 0 Å². The predicted molar refractivity (Wildman–Crippen MR) is 306 cm³/mol. The summed E-state index contributed by atoms with van der Waals surface area (Å²) in [7, 11) is 0. The molecule has 0 amide bonds. The Bertz CT molecular complexity index is 1650. The SMILES string of the molecule is CC/C=C\C/C=C\C/C=C\C/C=C\C/C=C\CCCCCC(=O)OCC(COCCCC/C=C\C/C=C\C/C=C\C/C=C\C/C=C\CC)OC(=O)CCC/C=C\C/C=C\C/C=C\C/C=C\C/C=C\CC. The molecular formula is C65H98O5. The number of esters is 2. The summed E-state index contributed by atoms with van der Waals surface area (Å²) >= 11 is 0. The molecule has 0 spiro atoms. The molecule has 388 valence electrons. The van der Waals surface area contributed by atoms with Crippen LogP contribution in [-0.4, -0.2) is 37.9 Å². The van der Waals surface area contributed by atoms with Crippen LogP contribution in [0.3, 0.4) is 0 Å². The molecule has 0 radical (unpaired) electrons. The van der Waals surface area contributed by atoms with Crippen molar-refractivity contribution in [2.45, 2.75) is 194 Å². The first-order valence-electron chi connectivity index (χ1n) is 27.3. The highest BCUT2D eigenvalue weighted by Crippen LogP contribution is 2.09. The number of hydrogen-bond acceptors (Lipinski definition) is 5. The molecule has 0 aromatic heterocycles. The minimum absolute atomic E-state index is 0.0133. The Kier molecular flexibility index (Phi) is 54.1. The molecule has 0 aromatic carbocycles. The first kappa shape index (κ1) is 65.0. The Hall–Kier alpha value is -5.00. The van der Waals surface area contributed by atoms with E-state index in [1.54, 1.807) is 0 Å². The lowest BCUT2D eigenvalue weighted by Crippen LogP contribution is -2.30. The summed E-state index contributed by atoms with van der Waals surface area (Å²) in [5, 5.41) is 0. The molecule has 0 aliphatic carbocycles. The van der Waals surface area contributed by atoms with Crippen LogP contribution in [-0.2, 0) is 23.8 Å². The first-order chi connectivity index (χ1) is 34.6. The molecule has 0 aliphatic rings. The second-order valence-corrected chi connectivity index (χ2v) is 17.0. The van der Waals surface area contributed by atoms with E-state index >= 15 is 0 Å². The van der Waals surface area contributed by atoms with Gasteiger partial charge < -0.3 is 14.2 Å². The second-order valence-electron chi connectivity index (χ2n) is 17.0. The Morgan fingerprint density at radius 1 is 0.314 bits per heavy atom. The van der Waals surface area contributed by atoms with Crippen LogP contribution in [0.5, 0.6) is 0 Å². The lowest BCUT2D eigenvalue weighted by atomic mass is 10.1. The molecule has 0 heterocycles. The van der Waals surface area contributed by atoms with Crippen LogP contribution in [0.15, 0.2) is 182 Å². The summed E-state index contributed by atoms with van der Waals surface area (Å²) in [6.07, 6.45) is 89.2.